The molecule has 1 aromatic carbocycles. The lowest BCUT2D eigenvalue weighted by Gasteiger charge is -2.28. The maximum atomic E-state index is 6.02. The van der Waals surface area contributed by atoms with Crippen LogP contribution in [-0.4, -0.2) is 25.8 Å². The Morgan fingerprint density at radius 1 is 1.28 bits per heavy atom. The lowest BCUT2D eigenvalue weighted by Crippen LogP contribution is -2.37. The highest BCUT2D eigenvalue weighted by molar-refractivity contribution is 6.42. The zero-order valence-electron chi connectivity index (χ0n) is 11.4. The Hall–Kier alpha value is -0.280. The van der Waals surface area contributed by atoms with Gasteiger partial charge in [-0.25, -0.2) is 0 Å². The standard InChI is InChI=1S/C14H21Cl2NO/c1-14(2,18-4)9-11(17-3)7-10-5-6-12(15)13(16)8-10/h5-6,8,11,17H,7,9H2,1-4H3. The zero-order valence-corrected chi connectivity index (χ0v) is 12.9. The van der Waals surface area contributed by atoms with Gasteiger partial charge < -0.3 is 10.1 Å². The van der Waals surface area contributed by atoms with E-state index in [4.69, 9.17) is 27.9 Å². The molecule has 0 aliphatic heterocycles. The van der Waals surface area contributed by atoms with Crippen LogP contribution in [0.4, 0.5) is 0 Å². The summed E-state index contributed by atoms with van der Waals surface area (Å²) in [5.74, 6) is 0. The van der Waals surface area contributed by atoms with Gasteiger partial charge in [0.1, 0.15) is 0 Å². The topological polar surface area (TPSA) is 21.3 Å². The van der Waals surface area contributed by atoms with E-state index in [1.165, 1.54) is 5.56 Å². The van der Waals surface area contributed by atoms with Crippen LogP contribution in [0.25, 0.3) is 0 Å². The van der Waals surface area contributed by atoms with Crippen LogP contribution in [0.2, 0.25) is 10.0 Å². The van der Waals surface area contributed by atoms with Crippen molar-refractivity contribution in [3.05, 3.63) is 33.8 Å². The average molecular weight is 290 g/mol. The third-order valence-corrected chi connectivity index (χ3v) is 3.90. The predicted molar refractivity (Wildman–Crippen MR) is 78.7 cm³/mol. The Kier molecular flexibility index (Phi) is 5.93. The lowest BCUT2D eigenvalue weighted by molar-refractivity contribution is 0.00773. The fourth-order valence-corrected chi connectivity index (χ4v) is 2.22. The highest BCUT2D eigenvalue weighted by Crippen LogP contribution is 2.24. The van der Waals surface area contributed by atoms with Crippen molar-refractivity contribution in [1.82, 2.24) is 5.32 Å². The molecule has 0 aliphatic rings. The van der Waals surface area contributed by atoms with Crippen LogP contribution < -0.4 is 5.32 Å². The van der Waals surface area contributed by atoms with Crippen LogP contribution in [0.15, 0.2) is 18.2 Å². The molecular weight excluding hydrogens is 269 g/mol. The first kappa shape index (κ1) is 15.8. The molecule has 0 bridgehead atoms. The maximum Gasteiger partial charge on any atom is 0.0637 e. The Balaban J connectivity index is 2.71. The molecule has 0 saturated carbocycles. The minimum Gasteiger partial charge on any atom is -0.379 e. The summed E-state index contributed by atoms with van der Waals surface area (Å²) < 4.78 is 5.46. The van der Waals surface area contributed by atoms with Gasteiger partial charge in [-0.3, -0.25) is 0 Å². The molecule has 1 unspecified atom stereocenters. The molecule has 1 rings (SSSR count). The van der Waals surface area contributed by atoms with E-state index in [1.807, 2.05) is 25.2 Å². The number of likely N-dealkylation sites (N-methyl/N-ethyl adjacent to an activating group) is 1. The van der Waals surface area contributed by atoms with E-state index in [-0.39, 0.29) is 5.60 Å². The molecule has 0 aromatic heterocycles. The van der Waals surface area contributed by atoms with Crippen LogP contribution in [-0.2, 0) is 11.2 Å². The summed E-state index contributed by atoms with van der Waals surface area (Å²) in [7, 11) is 3.71. The number of hydrogen-bond acceptors (Lipinski definition) is 2. The molecule has 0 saturated heterocycles. The second kappa shape index (κ2) is 6.76. The van der Waals surface area contributed by atoms with Crippen molar-refractivity contribution in [3.63, 3.8) is 0 Å². The van der Waals surface area contributed by atoms with E-state index >= 15 is 0 Å². The number of halogens is 2. The number of benzene rings is 1. The molecule has 18 heavy (non-hydrogen) atoms. The normalized spacial score (nSPS) is 13.7. The number of methoxy groups -OCH3 is 1. The van der Waals surface area contributed by atoms with Crippen molar-refractivity contribution in [1.29, 1.82) is 0 Å². The van der Waals surface area contributed by atoms with Crippen molar-refractivity contribution < 1.29 is 4.74 Å². The smallest absolute Gasteiger partial charge is 0.0637 e. The first-order chi connectivity index (χ1) is 8.38. The number of ether oxygens (including phenoxy) is 1. The van der Waals surface area contributed by atoms with Crippen LogP contribution in [0.1, 0.15) is 25.8 Å². The Bertz CT molecular complexity index is 393. The minimum atomic E-state index is -0.135. The highest BCUT2D eigenvalue weighted by Gasteiger charge is 2.22. The fourth-order valence-electron chi connectivity index (χ4n) is 1.90. The highest BCUT2D eigenvalue weighted by atomic mass is 35.5. The van der Waals surface area contributed by atoms with Gasteiger partial charge in [-0.2, -0.15) is 0 Å². The molecule has 0 aliphatic carbocycles. The zero-order chi connectivity index (χ0) is 13.8. The van der Waals surface area contributed by atoms with Crippen molar-refractivity contribution in [3.8, 4) is 0 Å². The fraction of sp³-hybridized carbons (Fsp3) is 0.571. The monoisotopic (exact) mass is 289 g/mol. The molecule has 1 atom stereocenters. The van der Waals surface area contributed by atoms with Gasteiger partial charge in [-0.15, -0.1) is 0 Å². The average Bonchev–Trinajstić information content (AvgIpc) is 2.33. The van der Waals surface area contributed by atoms with Crippen molar-refractivity contribution in [2.75, 3.05) is 14.2 Å². The summed E-state index contributed by atoms with van der Waals surface area (Å²) in [5.41, 5.74) is 1.04. The summed E-state index contributed by atoms with van der Waals surface area (Å²) in [5, 5.41) is 4.52. The van der Waals surface area contributed by atoms with Crippen molar-refractivity contribution in [2.24, 2.45) is 0 Å². The van der Waals surface area contributed by atoms with E-state index < -0.39 is 0 Å². The van der Waals surface area contributed by atoms with Crippen molar-refractivity contribution >= 4 is 23.2 Å². The number of rotatable bonds is 6. The van der Waals surface area contributed by atoms with E-state index in [9.17, 15) is 0 Å². The maximum absolute atomic E-state index is 6.02. The second-order valence-corrected chi connectivity index (χ2v) is 5.92. The van der Waals surface area contributed by atoms with E-state index in [0.717, 1.165) is 12.8 Å². The molecule has 1 aromatic rings. The van der Waals surface area contributed by atoms with Crippen molar-refractivity contribution in [2.45, 2.75) is 38.3 Å². The van der Waals surface area contributed by atoms with Gasteiger partial charge in [0, 0.05) is 13.2 Å². The number of hydrogen-bond donors (Lipinski definition) is 1. The summed E-state index contributed by atoms with van der Waals surface area (Å²) in [6.45, 7) is 4.18. The van der Waals surface area contributed by atoms with E-state index in [1.54, 1.807) is 7.11 Å². The van der Waals surface area contributed by atoms with Crippen LogP contribution in [0.3, 0.4) is 0 Å². The van der Waals surface area contributed by atoms with Crippen LogP contribution in [0.5, 0.6) is 0 Å². The molecule has 0 heterocycles. The largest absolute Gasteiger partial charge is 0.379 e. The molecule has 4 heteroatoms. The van der Waals surface area contributed by atoms with Gasteiger partial charge in [0.2, 0.25) is 0 Å². The molecule has 102 valence electrons. The molecule has 0 radical (unpaired) electrons. The third-order valence-electron chi connectivity index (χ3n) is 3.16. The molecular formula is C14H21Cl2NO. The van der Waals surface area contributed by atoms with E-state index in [0.29, 0.717) is 16.1 Å². The van der Waals surface area contributed by atoms with Gasteiger partial charge in [0.25, 0.3) is 0 Å². The third kappa shape index (κ3) is 4.77. The summed E-state index contributed by atoms with van der Waals surface area (Å²) in [6.07, 6.45) is 1.83. The Labute approximate surface area is 120 Å². The molecule has 0 amide bonds. The molecule has 2 nitrogen and oxygen atoms in total. The molecule has 1 N–H and O–H groups in total. The Morgan fingerprint density at radius 3 is 2.44 bits per heavy atom. The SMILES string of the molecule is CNC(Cc1ccc(Cl)c(Cl)c1)CC(C)(C)OC. The summed E-state index contributed by atoms with van der Waals surface area (Å²) >= 11 is 11.9. The van der Waals surface area contributed by atoms with Gasteiger partial charge in [0.05, 0.1) is 15.6 Å². The molecule has 0 fully saturated rings. The van der Waals surface area contributed by atoms with Crippen LogP contribution >= 0.6 is 23.2 Å². The van der Waals surface area contributed by atoms with Gasteiger partial charge in [-0.05, 0) is 51.4 Å². The summed E-state index contributed by atoms with van der Waals surface area (Å²) in [6, 6.07) is 6.12. The first-order valence-electron chi connectivity index (χ1n) is 6.04. The van der Waals surface area contributed by atoms with E-state index in [2.05, 4.69) is 19.2 Å². The lowest BCUT2D eigenvalue weighted by atomic mass is 9.94. The number of nitrogens with one attached hydrogen (secondary N) is 1. The summed E-state index contributed by atoms with van der Waals surface area (Å²) in [4.78, 5) is 0. The van der Waals surface area contributed by atoms with Crippen LogP contribution in [0, 0.1) is 0 Å². The molecule has 0 spiro atoms. The Morgan fingerprint density at radius 2 is 1.94 bits per heavy atom. The first-order valence-corrected chi connectivity index (χ1v) is 6.80. The second-order valence-electron chi connectivity index (χ2n) is 5.11. The van der Waals surface area contributed by atoms with Gasteiger partial charge in [-0.1, -0.05) is 29.3 Å². The minimum absolute atomic E-state index is 0.135. The predicted octanol–water partition coefficient (Wildman–Crippen LogP) is 3.94. The van der Waals surface area contributed by atoms with Gasteiger partial charge in [0.15, 0.2) is 0 Å². The van der Waals surface area contributed by atoms with Gasteiger partial charge >= 0.3 is 0 Å². The quantitative estimate of drug-likeness (QED) is 0.857.